The molecular weight excluding hydrogens is 233 g/mol. The van der Waals surface area contributed by atoms with Crippen LogP contribution in [0.4, 0.5) is 13.2 Å². The monoisotopic (exact) mass is 246 g/mol. The summed E-state index contributed by atoms with van der Waals surface area (Å²) in [4.78, 5) is 3.83. The molecule has 0 amide bonds. The molecule has 0 saturated heterocycles. The molecule has 0 bridgehead atoms. The maximum absolute atomic E-state index is 12.6. The second-order valence-corrected chi connectivity index (χ2v) is 3.52. The molecule has 1 heterocycles. The maximum atomic E-state index is 12.6. The Bertz CT molecular complexity index is 462. The van der Waals surface area contributed by atoms with Gasteiger partial charge in [-0.05, 0) is 19.1 Å². The third-order valence-electron chi connectivity index (χ3n) is 2.21. The third kappa shape index (κ3) is 3.45. The normalized spacial score (nSPS) is 14.8. The summed E-state index contributed by atoms with van der Waals surface area (Å²) in [7, 11) is 0. The van der Waals surface area contributed by atoms with Gasteiger partial charge in [0.15, 0.2) is 0 Å². The lowest BCUT2D eigenvalue weighted by atomic mass is 10.3. The third-order valence-corrected chi connectivity index (χ3v) is 2.21. The number of nitrogens with zero attached hydrogens (tertiary/aromatic N) is 2. The maximum Gasteiger partial charge on any atom is 0.408 e. The molecule has 94 valence electrons. The molecule has 0 aromatic carbocycles. The Hall–Kier alpha value is -1.56. The van der Waals surface area contributed by atoms with E-state index in [-0.39, 0.29) is 11.2 Å². The summed E-state index contributed by atoms with van der Waals surface area (Å²) in [6.45, 7) is 4.07. The van der Waals surface area contributed by atoms with E-state index >= 15 is 0 Å². The van der Waals surface area contributed by atoms with E-state index in [4.69, 9.17) is 5.11 Å². The first-order chi connectivity index (χ1) is 7.86. The Morgan fingerprint density at radius 2 is 2.18 bits per heavy atom. The molecule has 0 fully saturated rings. The van der Waals surface area contributed by atoms with Crippen molar-refractivity contribution in [3.05, 3.63) is 42.2 Å². The molecule has 1 unspecified atom stereocenters. The highest BCUT2D eigenvalue weighted by atomic mass is 19.4. The fourth-order valence-corrected chi connectivity index (χ4v) is 1.22. The molecule has 0 aliphatic carbocycles. The summed E-state index contributed by atoms with van der Waals surface area (Å²) >= 11 is 0. The van der Waals surface area contributed by atoms with Crippen molar-refractivity contribution in [1.82, 2.24) is 4.57 Å². The summed E-state index contributed by atoms with van der Waals surface area (Å²) < 4.78 is 38.8. The SMILES string of the molecule is C=C(CO)N=c1ccccn1C(C)C(F)(F)F. The van der Waals surface area contributed by atoms with Gasteiger partial charge < -0.3 is 9.67 Å². The van der Waals surface area contributed by atoms with E-state index in [1.165, 1.54) is 18.3 Å². The molecule has 0 radical (unpaired) electrons. The van der Waals surface area contributed by atoms with E-state index in [9.17, 15) is 13.2 Å². The van der Waals surface area contributed by atoms with Crippen LogP contribution in [0.1, 0.15) is 13.0 Å². The van der Waals surface area contributed by atoms with E-state index in [1.54, 1.807) is 6.07 Å². The Morgan fingerprint density at radius 3 is 2.71 bits per heavy atom. The zero-order chi connectivity index (χ0) is 13.1. The van der Waals surface area contributed by atoms with Gasteiger partial charge in [0.2, 0.25) is 0 Å². The number of aliphatic hydroxyl groups excluding tert-OH is 1. The molecule has 6 heteroatoms. The standard InChI is InChI=1S/C11H13F3N2O/c1-8(7-17)15-10-5-3-4-6-16(10)9(2)11(12,13)14/h3-6,9,17H,1,7H2,2H3. The zero-order valence-corrected chi connectivity index (χ0v) is 9.28. The van der Waals surface area contributed by atoms with E-state index in [0.717, 1.165) is 11.5 Å². The molecular formula is C11H13F3N2O. The van der Waals surface area contributed by atoms with Crippen LogP contribution in [0, 0.1) is 0 Å². The van der Waals surface area contributed by atoms with Crippen molar-refractivity contribution in [1.29, 1.82) is 0 Å². The van der Waals surface area contributed by atoms with Crippen molar-refractivity contribution in [3.63, 3.8) is 0 Å². The lowest BCUT2D eigenvalue weighted by Crippen LogP contribution is -2.32. The highest BCUT2D eigenvalue weighted by Gasteiger charge is 2.37. The Kier molecular flexibility index (Phi) is 4.11. The number of hydrogen-bond acceptors (Lipinski definition) is 2. The first kappa shape index (κ1) is 13.5. The zero-order valence-electron chi connectivity index (χ0n) is 9.28. The second-order valence-electron chi connectivity index (χ2n) is 3.52. The average Bonchev–Trinajstić information content (AvgIpc) is 2.27. The lowest BCUT2D eigenvalue weighted by molar-refractivity contribution is -0.163. The van der Waals surface area contributed by atoms with Gasteiger partial charge in [0.05, 0.1) is 12.3 Å². The summed E-state index contributed by atoms with van der Waals surface area (Å²) in [6.07, 6.45) is -3.06. The van der Waals surface area contributed by atoms with Crippen LogP contribution in [0.25, 0.3) is 0 Å². The van der Waals surface area contributed by atoms with Gasteiger partial charge in [-0.3, -0.25) is 0 Å². The lowest BCUT2D eigenvalue weighted by Gasteiger charge is -2.19. The van der Waals surface area contributed by atoms with Crippen LogP contribution < -0.4 is 5.49 Å². The minimum Gasteiger partial charge on any atom is -0.390 e. The summed E-state index contributed by atoms with van der Waals surface area (Å²) in [5.74, 6) is 0. The molecule has 1 rings (SSSR count). The predicted octanol–water partition coefficient (Wildman–Crippen LogP) is 2.02. The first-order valence-corrected chi connectivity index (χ1v) is 4.93. The fraction of sp³-hybridized carbons (Fsp3) is 0.364. The van der Waals surface area contributed by atoms with E-state index in [0.29, 0.717) is 0 Å². The van der Waals surface area contributed by atoms with Crippen molar-refractivity contribution in [2.24, 2.45) is 4.99 Å². The van der Waals surface area contributed by atoms with Gasteiger partial charge in [-0.25, -0.2) is 4.99 Å². The van der Waals surface area contributed by atoms with E-state index < -0.39 is 18.8 Å². The van der Waals surface area contributed by atoms with Crippen LogP contribution in [0.2, 0.25) is 0 Å². The molecule has 0 spiro atoms. The smallest absolute Gasteiger partial charge is 0.390 e. The van der Waals surface area contributed by atoms with Gasteiger partial charge >= 0.3 is 6.18 Å². The topological polar surface area (TPSA) is 37.5 Å². The first-order valence-electron chi connectivity index (χ1n) is 4.93. The van der Waals surface area contributed by atoms with Gasteiger partial charge in [-0.1, -0.05) is 12.6 Å². The van der Waals surface area contributed by atoms with Crippen LogP contribution in [0.3, 0.4) is 0 Å². The van der Waals surface area contributed by atoms with Crippen molar-refractivity contribution in [3.8, 4) is 0 Å². The molecule has 0 aliphatic heterocycles. The van der Waals surface area contributed by atoms with E-state index in [1.807, 2.05) is 0 Å². The molecule has 3 nitrogen and oxygen atoms in total. The van der Waals surface area contributed by atoms with Gasteiger partial charge in [-0.2, -0.15) is 13.2 Å². The van der Waals surface area contributed by atoms with Crippen molar-refractivity contribution in [2.75, 3.05) is 6.61 Å². The molecule has 0 saturated carbocycles. The van der Waals surface area contributed by atoms with E-state index in [2.05, 4.69) is 11.6 Å². The minimum absolute atomic E-state index is 0.108. The van der Waals surface area contributed by atoms with Gasteiger partial charge in [-0.15, -0.1) is 0 Å². The molecule has 1 aromatic heterocycles. The number of alkyl halides is 3. The average molecular weight is 246 g/mol. The molecule has 1 N–H and O–H groups in total. The van der Waals surface area contributed by atoms with Gasteiger partial charge in [0.25, 0.3) is 0 Å². The number of pyridine rings is 1. The predicted molar refractivity (Wildman–Crippen MR) is 57.0 cm³/mol. The van der Waals surface area contributed by atoms with Crippen molar-refractivity contribution < 1.29 is 18.3 Å². The number of rotatable bonds is 3. The Labute approximate surface area is 96.5 Å². The highest BCUT2D eigenvalue weighted by Crippen LogP contribution is 2.28. The minimum atomic E-state index is -4.35. The van der Waals surface area contributed by atoms with Crippen LogP contribution in [-0.2, 0) is 0 Å². The number of halogens is 3. The summed E-state index contributed by atoms with van der Waals surface area (Å²) in [5, 5.41) is 8.76. The summed E-state index contributed by atoms with van der Waals surface area (Å²) in [5.41, 5.74) is 0.218. The van der Waals surface area contributed by atoms with Crippen molar-refractivity contribution in [2.45, 2.75) is 19.1 Å². The Balaban J connectivity index is 3.26. The largest absolute Gasteiger partial charge is 0.408 e. The van der Waals surface area contributed by atoms with Crippen LogP contribution in [0.5, 0.6) is 0 Å². The molecule has 1 atom stereocenters. The van der Waals surface area contributed by atoms with Crippen LogP contribution in [-0.4, -0.2) is 22.5 Å². The summed E-state index contributed by atoms with van der Waals surface area (Å²) in [6, 6.07) is 2.81. The molecule has 1 aromatic rings. The van der Waals surface area contributed by atoms with Crippen LogP contribution >= 0.6 is 0 Å². The highest BCUT2D eigenvalue weighted by molar-refractivity contribution is 5.00. The second kappa shape index (κ2) is 5.18. The number of aliphatic hydroxyl groups is 1. The van der Waals surface area contributed by atoms with Gasteiger partial charge in [0.1, 0.15) is 11.5 Å². The molecule has 0 aliphatic rings. The van der Waals surface area contributed by atoms with Gasteiger partial charge in [0, 0.05) is 6.20 Å². The van der Waals surface area contributed by atoms with Crippen molar-refractivity contribution >= 4 is 0 Å². The Morgan fingerprint density at radius 1 is 1.53 bits per heavy atom. The number of hydrogen-bond donors (Lipinski definition) is 1. The number of aromatic nitrogens is 1. The molecule has 17 heavy (non-hydrogen) atoms. The quantitative estimate of drug-likeness (QED) is 0.870. The fourth-order valence-electron chi connectivity index (χ4n) is 1.22. The van der Waals surface area contributed by atoms with Crippen LogP contribution in [0.15, 0.2) is 41.7 Å².